The fourth-order valence-electron chi connectivity index (χ4n) is 1.53. The molecule has 0 spiro atoms. The summed E-state index contributed by atoms with van der Waals surface area (Å²) in [5.74, 6) is 0. The maximum atomic E-state index is 9.63. The molecular formula is C11H17ClN2O. The first-order chi connectivity index (χ1) is 6.87. The Morgan fingerprint density at radius 3 is 2.60 bits per heavy atom. The van der Waals surface area contributed by atoms with Crippen molar-refractivity contribution in [3.63, 3.8) is 0 Å². The third-order valence-electron chi connectivity index (χ3n) is 1.90. The van der Waals surface area contributed by atoms with Crippen molar-refractivity contribution in [1.29, 1.82) is 0 Å². The molecule has 84 valence electrons. The highest BCUT2D eigenvalue weighted by atomic mass is 35.5. The van der Waals surface area contributed by atoms with Gasteiger partial charge in [-0.2, -0.15) is 0 Å². The first-order valence-electron chi connectivity index (χ1n) is 4.88. The predicted molar refractivity (Wildman–Crippen MR) is 61.9 cm³/mol. The van der Waals surface area contributed by atoms with Crippen molar-refractivity contribution in [2.45, 2.75) is 26.0 Å². The number of rotatable bonds is 4. The van der Waals surface area contributed by atoms with Gasteiger partial charge in [0.1, 0.15) is 5.15 Å². The normalized spacial score (nSPS) is 12.1. The Morgan fingerprint density at radius 1 is 1.47 bits per heavy atom. The lowest BCUT2D eigenvalue weighted by molar-refractivity contribution is 0.0424. The van der Waals surface area contributed by atoms with E-state index in [2.05, 4.69) is 4.98 Å². The highest BCUT2D eigenvalue weighted by Crippen LogP contribution is 2.09. The Bertz CT molecular complexity index is 305. The minimum Gasteiger partial charge on any atom is -0.389 e. The number of nitrogens with zero attached hydrogens (tertiary/aromatic N) is 2. The Kier molecular flexibility index (Phi) is 4.08. The largest absolute Gasteiger partial charge is 0.389 e. The van der Waals surface area contributed by atoms with Gasteiger partial charge >= 0.3 is 0 Å². The molecule has 0 aliphatic carbocycles. The lowest BCUT2D eigenvalue weighted by Gasteiger charge is -2.25. The van der Waals surface area contributed by atoms with Gasteiger partial charge in [-0.15, -0.1) is 0 Å². The van der Waals surface area contributed by atoms with Gasteiger partial charge in [0.15, 0.2) is 0 Å². The van der Waals surface area contributed by atoms with Gasteiger partial charge in [-0.25, -0.2) is 4.98 Å². The molecule has 0 bridgehead atoms. The van der Waals surface area contributed by atoms with Crippen molar-refractivity contribution < 1.29 is 5.11 Å². The monoisotopic (exact) mass is 228 g/mol. The van der Waals surface area contributed by atoms with Crippen LogP contribution in [0, 0.1) is 0 Å². The summed E-state index contributed by atoms with van der Waals surface area (Å²) < 4.78 is 0. The van der Waals surface area contributed by atoms with E-state index in [1.54, 1.807) is 26.1 Å². The number of aromatic nitrogens is 1. The van der Waals surface area contributed by atoms with Gasteiger partial charge in [-0.05, 0) is 32.5 Å². The SMILES string of the molecule is CN(Cc1ccc(Cl)nc1)CC(C)(C)O. The quantitative estimate of drug-likeness (QED) is 0.801. The molecule has 0 aromatic carbocycles. The second-order valence-electron chi connectivity index (χ2n) is 4.47. The van der Waals surface area contributed by atoms with Crippen LogP contribution in [0.1, 0.15) is 19.4 Å². The molecule has 0 atom stereocenters. The Labute approximate surface area is 95.7 Å². The number of aliphatic hydroxyl groups is 1. The molecule has 1 heterocycles. The van der Waals surface area contributed by atoms with Crippen LogP contribution in [0.15, 0.2) is 18.3 Å². The average Bonchev–Trinajstić information content (AvgIpc) is 2.05. The Morgan fingerprint density at radius 2 is 2.13 bits per heavy atom. The van der Waals surface area contributed by atoms with E-state index in [0.717, 1.165) is 12.1 Å². The van der Waals surface area contributed by atoms with Crippen LogP contribution in [0.2, 0.25) is 5.15 Å². The summed E-state index contributed by atoms with van der Waals surface area (Å²) in [4.78, 5) is 6.05. The maximum Gasteiger partial charge on any atom is 0.129 e. The van der Waals surface area contributed by atoms with Gasteiger partial charge in [-0.1, -0.05) is 17.7 Å². The summed E-state index contributed by atoms with van der Waals surface area (Å²) >= 11 is 5.69. The van der Waals surface area contributed by atoms with Crippen LogP contribution in [0.25, 0.3) is 0 Å². The minimum absolute atomic E-state index is 0.504. The predicted octanol–water partition coefficient (Wildman–Crippen LogP) is 1.94. The lowest BCUT2D eigenvalue weighted by atomic mass is 10.1. The van der Waals surface area contributed by atoms with E-state index in [1.807, 2.05) is 18.0 Å². The van der Waals surface area contributed by atoms with Crippen molar-refractivity contribution in [1.82, 2.24) is 9.88 Å². The lowest BCUT2D eigenvalue weighted by Crippen LogP contribution is -2.35. The molecule has 1 aromatic rings. The summed E-state index contributed by atoms with van der Waals surface area (Å²) in [6.07, 6.45) is 1.75. The number of hydrogen-bond acceptors (Lipinski definition) is 3. The van der Waals surface area contributed by atoms with E-state index in [4.69, 9.17) is 11.6 Å². The van der Waals surface area contributed by atoms with Crippen LogP contribution in [0.3, 0.4) is 0 Å². The van der Waals surface area contributed by atoms with Crippen LogP contribution in [0.5, 0.6) is 0 Å². The molecule has 1 rings (SSSR count). The first kappa shape index (κ1) is 12.4. The Hall–Kier alpha value is -0.640. The summed E-state index contributed by atoms with van der Waals surface area (Å²) in [6, 6.07) is 3.71. The second kappa shape index (κ2) is 4.92. The van der Waals surface area contributed by atoms with Crippen molar-refractivity contribution in [2.24, 2.45) is 0 Å². The first-order valence-corrected chi connectivity index (χ1v) is 5.26. The number of hydrogen-bond donors (Lipinski definition) is 1. The minimum atomic E-state index is -0.672. The molecule has 0 fully saturated rings. The molecule has 0 aliphatic rings. The zero-order valence-electron chi connectivity index (χ0n) is 9.37. The molecule has 3 nitrogen and oxygen atoms in total. The van der Waals surface area contributed by atoms with Crippen molar-refractivity contribution in [3.8, 4) is 0 Å². The van der Waals surface area contributed by atoms with E-state index in [-0.39, 0.29) is 0 Å². The molecule has 1 N–H and O–H groups in total. The van der Waals surface area contributed by atoms with Gasteiger partial charge < -0.3 is 5.11 Å². The molecule has 0 saturated carbocycles. The van der Waals surface area contributed by atoms with Crippen LogP contribution >= 0.6 is 11.6 Å². The van der Waals surface area contributed by atoms with Gasteiger partial charge in [-0.3, -0.25) is 4.90 Å². The summed E-state index contributed by atoms with van der Waals surface area (Å²) in [5, 5.41) is 10.1. The van der Waals surface area contributed by atoms with E-state index < -0.39 is 5.60 Å². The van der Waals surface area contributed by atoms with Crippen molar-refractivity contribution in [3.05, 3.63) is 29.0 Å². The molecule has 0 amide bonds. The number of likely N-dealkylation sites (N-methyl/N-ethyl adjacent to an activating group) is 1. The van der Waals surface area contributed by atoms with E-state index in [9.17, 15) is 5.11 Å². The average molecular weight is 229 g/mol. The molecule has 0 saturated heterocycles. The summed E-state index contributed by atoms with van der Waals surface area (Å²) in [7, 11) is 1.96. The third kappa shape index (κ3) is 5.11. The van der Waals surface area contributed by atoms with Gasteiger partial charge in [0.05, 0.1) is 5.60 Å². The fraction of sp³-hybridized carbons (Fsp3) is 0.545. The molecule has 15 heavy (non-hydrogen) atoms. The van der Waals surface area contributed by atoms with Crippen molar-refractivity contribution >= 4 is 11.6 Å². The number of pyridine rings is 1. The van der Waals surface area contributed by atoms with E-state index >= 15 is 0 Å². The van der Waals surface area contributed by atoms with Crippen LogP contribution in [-0.2, 0) is 6.54 Å². The zero-order valence-corrected chi connectivity index (χ0v) is 10.1. The van der Waals surface area contributed by atoms with Crippen LogP contribution < -0.4 is 0 Å². The highest BCUT2D eigenvalue weighted by Gasteiger charge is 2.15. The number of halogens is 1. The van der Waals surface area contributed by atoms with E-state index in [0.29, 0.717) is 11.7 Å². The van der Waals surface area contributed by atoms with Gasteiger partial charge in [0.2, 0.25) is 0 Å². The smallest absolute Gasteiger partial charge is 0.129 e. The topological polar surface area (TPSA) is 36.4 Å². The fourth-order valence-corrected chi connectivity index (χ4v) is 1.64. The molecule has 0 unspecified atom stereocenters. The molecule has 1 aromatic heterocycles. The van der Waals surface area contributed by atoms with Crippen molar-refractivity contribution in [2.75, 3.05) is 13.6 Å². The summed E-state index contributed by atoms with van der Waals surface area (Å²) in [6.45, 7) is 4.97. The summed E-state index contributed by atoms with van der Waals surface area (Å²) in [5.41, 5.74) is 0.417. The Balaban J connectivity index is 2.51. The third-order valence-corrected chi connectivity index (χ3v) is 2.12. The zero-order chi connectivity index (χ0) is 11.5. The van der Waals surface area contributed by atoms with Gasteiger partial charge in [0, 0.05) is 19.3 Å². The van der Waals surface area contributed by atoms with Gasteiger partial charge in [0.25, 0.3) is 0 Å². The van der Waals surface area contributed by atoms with Crippen LogP contribution in [-0.4, -0.2) is 34.2 Å². The molecular weight excluding hydrogens is 212 g/mol. The highest BCUT2D eigenvalue weighted by molar-refractivity contribution is 6.29. The molecule has 0 aliphatic heterocycles. The standard InChI is InChI=1S/C11H17ClN2O/c1-11(2,15)8-14(3)7-9-4-5-10(12)13-6-9/h4-6,15H,7-8H2,1-3H3. The molecule has 4 heteroatoms. The second-order valence-corrected chi connectivity index (χ2v) is 4.86. The molecule has 0 radical (unpaired) electrons. The maximum absolute atomic E-state index is 9.63. The van der Waals surface area contributed by atoms with Crippen LogP contribution in [0.4, 0.5) is 0 Å². The van der Waals surface area contributed by atoms with E-state index in [1.165, 1.54) is 0 Å².